The van der Waals surface area contributed by atoms with Crippen molar-refractivity contribution in [2.75, 3.05) is 18.2 Å². The summed E-state index contributed by atoms with van der Waals surface area (Å²) in [6.45, 7) is 2.00. The number of aryl methyl sites for hydroxylation is 1. The predicted molar refractivity (Wildman–Crippen MR) is 115 cm³/mol. The van der Waals surface area contributed by atoms with Gasteiger partial charge in [-0.15, -0.1) is 11.3 Å². The van der Waals surface area contributed by atoms with Gasteiger partial charge in [0.25, 0.3) is 5.91 Å². The highest BCUT2D eigenvalue weighted by molar-refractivity contribution is 7.21. The van der Waals surface area contributed by atoms with Crippen molar-refractivity contribution in [1.82, 2.24) is 4.98 Å². The molecule has 0 fully saturated rings. The second-order valence-corrected chi connectivity index (χ2v) is 7.44. The fourth-order valence-corrected chi connectivity index (χ4v) is 3.90. The Morgan fingerprint density at radius 1 is 1.04 bits per heavy atom. The van der Waals surface area contributed by atoms with E-state index in [0.717, 1.165) is 38.5 Å². The largest absolute Gasteiger partial charge is 0.497 e. The smallest absolute Gasteiger partial charge is 0.267 e. The van der Waals surface area contributed by atoms with Gasteiger partial charge in [-0.25, -0.2) is 4.98 Å². The van der Waals surface area contributed by atoms with E-state index in [4.69, 9.17) is 15.5 Å². The molecular formula is C22H19N3O2S. The highest BCUT2D eigenvalue weighted by atomic mass is 32.1. The number of nitrogen functional groups attached to an aromatic ring is 1. The number of pyridine rings is 1. The van der Waals surface area contributed by atoms with E-state index < -0.39 is 0 Å². The topological polar surface area (TPSA) is 77.2 Å². The van der Waals surface area contributed by atoms with E-state index >= 15 is 0 Å². The van der Waals surface area contributed by atoms with Crippen LogP contribution in [-0.4, -0.2) is 18.0 Å². The second-order valence-electron chi connectivity index (χ2n) is 6.44. The van der Waals surface area contributed by atoms with Gasteiger partial charge in [0.05, 0.1) is 18.5 Å². The molecule has 2 aromatic carbocycles. The van der Waals surface area contributed by atoms with Crippen LogP contribution in [0, 0.1) is 6.92 Å². The molecule has 0 atom stereocenters. The quantitative estimate of drug-likeness (QED) is 0.508. The molecule has 4 aromatic rings. The number of carbonyl (C=O) groups is 1. The second kappa shape index (κ2) is 7.32. The van der Waals surface area contributed by atoms with Crippen LogP contribution in [0.3, 0.4) is 0 Å². The van der Waals surface area contributed by atoms with Crippen LogP contribution in [0.15, 0.2) is 60.7 Å². The van der Waals surface area contributed by atoms with E-state index in [2.05, 4.69) is 5.32 Å². The molecular weight excluding hydrogens is 370 g/mol. The van der Waals surface area contributed by atoms with Gasteiger partial charge in [-0.3, -0.25) is 4.79 Å². The van der Waals surface area contributed by atoms with Crippen molar-refractivity contribution in [3.05, 3.63) is 71.1 Å². The summed E-state index contributed by atoms with van der Waals surface area (Å²) in [5.74, 6) is 0.565. The molecule has 0 aliphatic carbocycles. The standard InChI is InChI=1S/C22H19N3O2S/c1-13-3-7-15(8-4-13)24-21(26)20-19(23)17-11-12-18(25-22(17)28-20)14-5-9-16(27-2)10-6-14/h3-12H,23H2,1-2H3,(H,24,26). The third kappa shape index (κ3) is 3.42. The molecule has 140 valence electrons. The Balaban J connectivity index is 1.65. The zero-order chi connectivity index (χ0) is 19.7. The minimum Gasteiger partial charge on any atom is -0.497 e. The molecule has 2 heterocycles. The van der Waals surface area contributed by atoms with Gasteiger partial charge >= 0.3 is 0 Å². The summed E-state index contributed by atoms with van der Waals surface area (Å²) in [5.41, 5.74) is 10.4. The summed E-state index contributed by atoms with van der Waals surface area (Å²) >= 11 is 1.30. The lowest BCUT2D eigenvalue weighted by Crippen LogP contribution is -2.11. The van der Waals surface area contributed by atoms with Crippen molar-refractivity contribution in [1.29, 1.82) is 0 Å². The molecule has 0 unspecified atom stereocenters. The lowest BCUT2D eigenvalue weighted by atomic mass is 10.1. The van der Waals surface area contributed by atoms with Crippen molar-refractivity contribution in [3.8, 4) is 17.0 Å². The van der Waals surface area contributed by atoms with E-state index in [0.29, 0.717) is 10.6 Å². The van der Waals surface area contributed by atoms with Gasteiger partial charge in [-0.2, -0.15) is 0 Å². The number of methoxy groups -OCH3 is 1. The number of aromatic nitrogens is 1. The van der Waals surface area contributed by atoms with Crippen molar-refractivity contribution >= 4 is 38.8 Å². The number of amides is 1. The Labute approximate surface area is 166 Å². The van der Waals surface area contributed by atoms with Gasteiger partial charge in [0.15, 0.2) is 0 Å². The first-order valence-corrected chi connectivity index (χ1v) is 9.58. The van der Waals surface area contributed by atoms with Crippen LogP contribution < -0.4 is 15.8 Å². The molecule has 0 radical (unpaired) electrons. The molecule has 2 aromatic heterocycles. The van der Waals surface area contributed by atoms with Crippen LogP contribution in [0.4, 0.5) is 11.4 Å². The normalized spacial score (nSPS) is 10.8. The van der Waals surface area contributed by atoms with Crippen LogP contribution in [-0.2, 0) is 0 Å². The summed E-state index contributed by atoms with van der Waals surface area (Å²) in [4.78, 5) is 18.6. The van der Waals surface area contributed by atoms with Crippen LogP contribution >= 0.6 is 11.3 Å². The van der Waals surface area contributed by atoms with Crippen molar-refractivity contribution in [2.24, 2.45) is 0 Å². The van der Waals surface area contributed by atoms with Gasteiger partial charge < -0.3 is 15.8 Å². The number of nitrogens with one attached hydrogen (secondary N) is 1. The number of nitrogens with zero attached hydrogens (tertiary/aromatic N) is 1. The van der Waals surface area contributed by atoms with Gasteiger partial charge in [0.1, 0.15) is 15.5 Å². The summed E-state index contributed by atoms with van der Waals surface area (Å²) in [5, 5.41) is 3.68. The maximum absolute atomic E-state index is 12.7. The summed E-state index contributed by atoms with van der Waals surface area (Å²) in [6, 6.07) is 19.2. The van der Waals surface area contributed by atoms with E-state index in [-0.39, 0.29) is 5.91 Å². The van der Waals surface area contributed by atoms with E-state index in [1.807, 2.05) is 67.6 Å². The zero-order valence-corrected chi connectivity index (χ0v) is 16.3. The minimum absolute atomic E-state index is 0.227. The molecule has 0 saturated carbocycles. The Kier molecular flexibility index (Phi) is 4.71. The first-order chi connectivity index (χ1) is 13.5. The third-order valence-electron chi connectivity index (χ3n) is 4.50. The lowest BCUT2D eigenvalue weighted by molar-refractivity contribution is 0.103. The van der Waals surface area contributed by atoms with Crippen LogP contribution in [0.2, 0.25) is 0 Å². The SMILES string of the molecule is COc1ccc(-c2ccc3c(N)c(C(=O)Nc4ccc(C)cc4)sc3n2)cc1. The lowest BCUT2D eigenvalue weighted by Gasteiger charge is -2.04. The van der Waals surface area contributed by atoms with Gasteiger partial charge in [-0.1, -0.05) is 17.7 Å². The molecule has 5 nitrogen and oxygen atoms in total. The number of nitrogens with two attached hydrogens (primary N) is 1. The molecule has 0 saturated heterocycles. The Morgan fingerprint density at radius 2 is 1.75 bits per heavy atom. The molecule has 4 rings (SSSR count). The van der Waals surface area contributed by atoms with Gasteiger partial charge in [-0.05, 0) is 55.5 Å². The van der Waals surface area contributed by atoms with Crippen molar-refractivity contribution < 1.29 is 9.53 Å². The first-order valence-electron chi connectivity index (χ1n) is 8.76. The number of ether oxygens (including phenoxy) is 1. The number of hydrogen-bond donors (Lipinski definition) is 2. The summed E-state index contributed by atoms with van der Waals surface area (Å²) in [6.07, 6.45) is 0. The minimum atomic E-state index is -0.227. The molecule has 0 spiro atoms. The predicted octanol–water partition coefficient (Wildman–Crippen LogP) is 5.11. The average molecular weight is 389 g/mol. The summed E-state index contributed by atoms with van der Waals surface area (Å²) in [7, 11) is 1.64. The molecule has 0 bridgehead atoms. The number of fused-ring (bicyclic) bond motifs is 1. The van der Waals surface area contributed by atoms with Crippen LogP contribution in [0.25, 0.3) is 21.5 Å². The fourth-order valence-electron chi connectivity index (χ4n) is 2.91. The highest BCUT2D eigenvalue weighted by Crippen LogP contribution is 2.34. The Bertz CT molecular complexity index is 1150. The molecule has 0 aliphatic rings. The average Bonchev–Trinajstić information content (AvgIpc) is 3.06. The highest BCUT2D eigenvalue weighted by Gasteiger charge is 2.18. The Morgan fingerprint density at radius 3 is 2.43 bits per heavy atom. The third-order valence-corrected chi connectivity index (χ3v) is 5.61. The molecule has 28 heavy (non-hydrogen) atoms. The van der Waals surface area contributed by atoms with E-state index in [1.54, 1.807) is 7.11 Å². The Hall–Kier alpha value is -3.38. The van der Waals surface area contributed by atoms with Crippen molar-refractivity contribution in [3.63, 3.8) is 0 Å². The van der Waals surface area contributed by atoms with E-state index in [1.165, 1.54) is 11.3 Å². The van der Waals surface area contributed by atoms with Crippen LogP contribution in [0.1, 0.15) is 15.2 Å². The van der Waals surface area contributed by atoms with Gasteiger partial charge in [0, 0.05) is 16.6 Å². The number of thiophene rings is 1. The molecule has 0 aliphatic heterocycles. The number of rotatable bonds is 4. The number of hydrogen-bond acceptors (Lipinski definition) is 5. The maximum atomic E-state index is 12.7. The monoisotopic (exact) mass is 389 g/mol. The van der Waals surface area contributed by atoms with Crippen molar-refractivity contribution in [2.45, 2.75) is 6.92 Å². The number of carbonyl (C=O) groups excluding carboxylic acids is 1. The summed E-state index contributed by atoms with van der Waals surface area (Å²) < 4.78 is 5.20. The first kappa shape index (κ1) is 18.0. The molecule has 1 amide bonds. The fraction of sp³-hybridized carbons (Fsp3) is 0.0909. The maximum Gasteiger partial charge on any atom is 0.267 e. The molecule has 3 N–H and O–H groups in total. The molecule has 6 heteroatoms. The zero-order valence-electron chi connectivity index (χ0n) is 15.5. The van der Waals surface area contributed by atoms with E-state index in [9.17, 15) is 4.79 Å². The number of benzene rings is 2. The number of anilines is 2. The van der Waals surface area contributed by atoms with Gasteiger partial charge in [0.2, 0.25) is 0 Å². The van der Waals surface area contributed by atoms with Crippen LogP contribution in [0.5, 0.6) is 5.75 Å².